The highest BCUT2D eigenvalue weighted by Crippen LogP contribution is 2.21. The maximum Gasteiger partial charge on any atom is 0.273 e. The Bertz CT molecular complexity index is 1010. The number of benzene rings is 1. The van der Waals surface area contributed by atoms with Crippen molar-refractivity contribution in [2.75, 3.05) is 13.7 Å². The van der Waals surface area contributed by atoms with Gasteiger partial charge in [0.1, 0.15) is 12.0 Å². The largest absolute Gasteiger partial charge is 0.494 e. The maximum absolute atomic E-state index is 12.5. The second kappa shape index (κ2) is 17.6. The van der Waals surface area contributed by atoms with Gasteiger partial charge in [-0.25, -0.2) is 4.68 Å². The van der Waals surface area contributed by atoms with Crippen LogP contribution in [0.25, 0.3) is 5.70 Å². The summed E-state index contributed by atoms with van der Waals surface area (Å²) in [4.78, 5) is 21.8. The topological polar surface area (TPSA) is 136 Å². The first-order valence-corrected chi connectivity index (χ1v) is 12.1. The van der Waals surface area contributed by atoms with Gasteiger partial charge in [0.25, 0.3) is 5.91 Å². The summed E-state index contributed by atoms with van der Waals surface area (Å²) in [6.45, 7) is 7.74. The molecule has 1 aromatic heterocycles. The van der Waals surface area contributed by atoms with Crippen molar-refractivity contribution in [1.82, 2.24) is 20.3 Å². The molecule has 194 valence electrons. The molecule has 0 radical (unpaired) electrons. The minimum absolute atomic E-state index is 0.147. The average Bonchev–Trinajstić information content (AvgIpc) is 3.62. The van der Waals surface area contributed by atoms with Crippen molar-refractivity contribution in [3.05, 3.63) is 59.9 Å². The molecule has 1 aliphatic carbocycles. The number of hydrogen-bond acceptors (Lipinski definition) is 7. The fourth-order valence-electron chi connectivity index (χ4n) is 3.04. The van der Waals surface area contributed by atoms with Gasteiger partial charge in [-0.05, 0) is 70.7 Å². The Morgan fingerprint density at radius 1 is 1.31 bits per heavy atom. The summed E-state index contributed by atoms with van der Waals surface area (Å²) < 4.78 is 7.58. The monoisotopic (exact) mass is 494 g/mol. The first kappa shape index (κ1) is 30.3. The van der Waals surface area contributed by atoms with Gasteiger partial charge in [-0.15, -0.1) is 11.7 Å². The lowest BCUT2D eigenvalue weighted by Crippen LogP contribution is -2.27. The van der Waals surface area contributed by atoms with Crippen LogP contribution in [0.3, 0.4) is 0 Å². The van der Waals surface area contributed by atoms with E-state index >= 15 is 0 Å². The van der Waals surface area contributed by atoms with Gasteiger partial charge >= 0.3 is 0 Å². The molecule has 0 unspecified atom stereocenters. The number of aldehydes is 1. The quantitative estimate of drug-likeness (QED) is 0.260. The molecule has 0 saturated heterocycles. The van der Waals surface area contributed by atoms with E-state index in [2.05, 4.69) is 34.0 Å². The normalized spacial score (nSPS) is 12.1. The van der Waals surface area contributed by atoms with E-state index in [-0.39, 0.29) is 11.9 Å². The van der Waals surface area contributed by atoms with Gasteiger partial charge in [-0.2, -0.15) is 5.26 Å². The number of nitriles is 1. The number of carbonyl (C=O) groups excluding carboxylic acids is 2. The van der Waals surface area contributed by atoms with Gasteiger partial charge in [-0.3, -0.25) is 4.79 Å². The molecule has 2 aromatic rings. The van der Waals surface area contributed by atoms with Gasteiger partial charge in [0.15, 0.2) is 5.69 Å². The Hall–Kier alpha value is -3.77. The van der Waals surface area contributed by atoms with Crippen molar-refractivity contribution in [2.45, 2.75) is 64.8 Å². The molecule has 0 atom stereocenters. The van der Waals surface area contributed by atoms with E-state index in [0.29, 0.717) is 31.6 Å². The fraction of sp³-hybridized carbons (Fsp3) is 0.444. The lowest BCUT2D eigenvalue weighted by molar-refractivity contribution is -0.107. The molecule has 0 bridgehead atoms. The summed E-state index contributed by atoms with van der Waals surface area (Å²) in [5.41, 5.74) is 7.78. The van der Waals surface area contributed by atoms with Crippen LogP contribution in [0.4, 0.5) is 0 Å². The maximum atomic E-state index is 12.5. The van der Waals surface area contributed by atoms with Crippen molar-refractivity contribution in [3.8, 4) is 11.8 Å². The number of amides is 1. The van der Waals surface area contributed by atoms with E-state index in [1.54, 1.807) is 10.8 Å². The first-order chi connectivity index (χ1) is 17.5. The molecule has 1 aliphatic rings. The minimum Gasteiger partial charge on any atom is -0.494 e. The van der Waals surface area contributed by atoms with Crippen LogP contribution in [0.15, 0.2) is 43.0 Å². The van der Waals surface area contributed by atoms with Crippen molar-refractivity contribution in [3.63, 3.8) is 0 Å². The Morgan fingerprint density at radius 3 is 2.53 bits per heavy atom. The van der Waals surface area contributed by atoms with E-state index in [1.807, 2.05) is 44.2 Å². The summed E-state index contributed by atoms with van der Waals surface area (Å²) in [6, 6.07) is 10.3. The number of nitrogens with zero attached hydrogens (tertiary/aromatic N) is 4. The van der Waals surface area contributed by atoms with Gasteiger partial charge in [0, 0.05) is 24.6 Å². The van der Waals surface area contributed by atoms with Crippen molar-refractivity contribution in [1.29, 1.82) is 5.26 Å². The first-order valence-electron chi connectivity index (χ1n) is 12.1. The van der Waals surface area contributed by atoms with Crippen molar-refractivity contribution >= 4 is 17.9 Å². The summed E-state index contributed by atoms with van der Waals surface area (Å²) in [5.74, 6) is 0.653. The molecule has 1 fully saturated rings. The highest BCUT2D eigenvalue weighted by Gasteiger charge is 2.27. The van der Waals surface area contributed by atoms with Crippen LogP contribution in [-0.4, -0.2) is 46.9 Å². The third-order valence-electron chi connectivity index (χ3n) is 5.18. The molecule has 9 nitrogen and oxygen atoms in total. The number of rotatable bonds is 12. The van der Waals surface area contributed by atoms with Crippen molar-refractivity contribution < 1.29 is 14.3 Å². The summed E-state index contributed by atoms with van der Waals surface area (Å²) in [5, 5.41) is 20.0. The average molecular weight is 495 g/mol. The zero-order chi connectivity index (χ0) is 26.8. The molecule has 0 spiro atoms. The van der Waals surface area contributed by atoms with Crippen LogP contribution in [-0.2, 0) is 17.6 Å². The minimum atomic E-state index is -0.147. The van der Waals surface area contributed by atoms with E-state index in [9.17, 15) is 9.59 Å². The number of aryl methyl sites for hydroxylation is 1. The van der Waals surface area contributed by atoms with E-state index < -0.39 is 0 Å². The summed E-state index contributed by atoms with van der Waals surface area (Å²) in [6.07, 6.45) is 9.52. The van der Waals surface area contributed by atoms with Gasteiger partial charge in [-0.1, -0.05) is 29.5 Å². The molecule has 1 saturated carbocycles. The SMILES string of the molecule is C/C=C(\C)n1nnc(C(=O)NC2CC2)c1CCCOc1ccc(CCC#N)cc1.C=CCC=O.CN. The Kier molecular flexibility index (Phi) is 14.8. The van der Waals surface area contributed by atoms with E-state index in [0.717, 1.165) is 54.7 Å². The van der Waals surface area contributed by atoms with Crippen LogP contribution >= 0.6 is 0 Å². The Labute approximate surface area is 214 Å². The van der Waals surface area contributed by atoms with Crippen LogP contribution < -0.4 is 15.8 Å². The van der Waals surface area contributed by atoms with Crippen LogP contribution in [0.2, 0.25) is 0 Å². The van der Waals surface area contributed by atoms with E-state index in [4.69, 9.17) is 10.00 Å². The third kappa shape index (κ3) is 10.7. The van der Waals surface area contributed by atoms with Gasteiger partial charge in [0.05, 0.1) is 18.4 Å². The molecule has 9 heteroatoms. The molecule has 3 rings (SSSR count). The third-order valence-corrected chi connectivity index (χ3v) is 5.18. The molecule has 1 aromatic carbocycles. The second-order valence-corrected chi connectivity index (χ2v) is 7.92. The van der Waals surface area contributed by atoms with E-state index in [1.165, 1.54) is 7.05 Å². The lowest BCUT2D eigenvalue weighted by atomic mass is 10.1. The smallest absolute Gasteiger partial charge is 0.273 e. The summed E-state index contributed by atoms with van der Waals surface area (Å²) >= 11 is 0. The zero-order valence-corrected chi connectivity index (χ0v) is 21.6. The molecule has 1 heterocycles. The lowest BCUT2D eigenvalue weighted by Gasteiger charge is -2.10. The predicted molar refractivity (Wildman–Crippen MR) is 141 cm³/mol. The predicted octanol–water partition coefficient (Wildman–Crippen LogP) is 3.86. The Balaban J connectivity index is 0.000000826. The highest BCUT2D eigenvalue weighted by molar-refractivity contribution is 5.93. The number of nitrogens with two attached hydrogens (primary N) is 1. The molecule has 36 heavy (non-hydrogen) atoms. The number of carbonyl (C=O) groups is 2. The standard InChI is InChI=1S/C22H27N5O2.C4H6O.CH5N/c1-3-16(2)27-20(21(25-26-27)22(28)24-18-10-11-18)7-5-15-29-19-12-8-17(9-13-19)6-4-14-23;1-2-3-4-5;1-2/h3,8-9,12-13,18H,4-7,10-11,15H2,1-2H3,(H,24,28);2,4H,1,3H2;2H2,1H3/b16-3+;;. The number of allylic oxidation sites excluding steroid dienone is 3. The van der Waals surface area contributed by atoms with Crippen LogP contribution in [0.5, 0.6) is 5.75 Å². The highest BCUT2D eigenvalue weighted by atomic mass is 16.5. The molecular weight excluding hydrogens is 456 g/mol. The van der Waals surface area contributed by atoms with Crippen LogP contribution in [0, 0.1) is 11.3 Å². The molecule has 1 amide bonds. The van der Waals surface area contributed by atoms with Gasteiger partial charge in [0.2, 0.25) is 0 Å². The van der Waals surface area contributed by atoms with Crippen LogP contribution in [0.1, 0.15) is 67.7 Å². The molecule has 3 N–H and O–H groups in total. The number of aromatic nitrogens is 3. The summed E-state index contributed by atoms with van der Waals surface area (Å²) in [7, 11) is 1.50. The number of ether oxygens (including phenoxy) is 1. The zero-order valence-electron chi connectivity index (χ0n) is 21.6. The Morgan fingerprint density at radius 2 is 2.00 bits per heavy atom. The number of hydrogen-bond donors (Lipinski definition) is 2. The van der Waals surface area contributed by atoms with Gasteiger partial charge < -0.3 is 20.6 Å². The molecule has 0 aliphatic heterocycles. The second-order valence-electron chi connectivity index (χ2n) is 7.92. The van der Waals surface area contributed by atoms with Crippen molar-refractivity contribution in [2.24, 2.45) is 5.73 Å². The fourth-order valence-corrected chi connectivity index (χ4v) is 3.04. The molecular formula is C27H38N6O3. The number of nitrogens with one attached hydrogen (secondary N) is 1.